The lowest BCUT2D eigenvalue weighted by Crippen LogP contribution is -2.06. The first kappa shape index (κ1) is 17.0. The number of hydrogen-bond donors (Lipinski definition) is 0. The van der Waals surface area contributed by atoms with Gasteiger partial charge in [-0.1, -0.05) is 12.1 Å². The van der Waals surface area contributed by atoms with Crippen LogP contribution >= 0.6 is 0 Å². The third kappa shape index (κ3) is 3.81. The van der Waals surface area contributed by atoms with Crippen LogP contribution in [-0.4, -0.2) is 9.55 Å². The molecule has 2 aromatic carbocycles. The minimum Gasteiger partial charge on any atom is -0.486 e. The largest absolute Gasteiger partial charge is 0.486 e. The van der Waals surface area contributed by atoms with Crippen LogP contribution in [0.2, 0.25) is 0 Å². The first-order valence-corrected chi connectivity index (χ1v) is 7.43. The van der Waals surface area contributed by atoms with Crippen LogP contribution in [0.1, 0.15) is 17.0 Å². The lowest BCUT2D eigenvalue weighted by atomic mass is 10.2. The van der Waals surface area contributed by atoms with Gasteiger partial charge in [0, 0.05) is 18.1 Å². The molecule has 0 saturated carbocycles. The molecule has 0 N–H and O–H groups in total. The Kier molecular flexibility index (Phi) is 4.48. The number of rotatable bonds is 4. The number of aryl methyl sites for hydroxylation is 1. The molecular weight excluding hydrogens is 336 g/mol. The van der Waals surface area contributed by atoms with E-state index < -0.39 is 23.3 Å². The van der Waals surface area contributed by atoms with Crippen molar-refractivity contribution in [2.75, 3.05) is 0 Å². The lowest BCUT2D eigenvalue weighted by molar-refractivity contribution is -0.137. The van der Waals surface area contributed by atoms with E-state index in [0.29, 0.717) is 17.7 Å². The van der Waals surface area contributed by atoms with E-state index in [9.17, 15) is 17.6 Å². The summed E-state index contributed by atoms with van der Waals surface area (Å²) in [5, 5.41) is 0. The van der Waals surface area contributed by atoms with Crippen LogP contribution in [-0.2, 0) is 12.8 Å². The van der Waals surface area contributed by atoms with E-state index in [2.05, 4.69) is 4.98 Å². The van der Waals surface area contributed by atoms with Gasteiger partial charge in [0.25, 0.3) is 0 Å². The standard InChI is InChI=1S/C18H14F4N2O/c1-12-23-8-9-24(12)15-5-2-13(3-6-15)11-25-17-10-14(18(20,21)22)4-7-16(17)19/h2-10H,11H2,1H3. The Morgan fingerprint density at radius 2 is 1.80 bits per heavy atom. The van der Waals surface area contributed by atoms with Crippen molar-refractivity contribution in [3.63, 3.8) is 0 Å². The normalized spacial score (nSPS) is 11.6. The molecule has 0 atom stereocenters. The number of halogens is 4. The van der Waals surface area contributed by atoms with Crippen LogP contribution in [0.5, 0.6) is 5.75 Å². The summed E-state index contributed by atoms with van der Waals surface area (Å²) in [6.07, 6.45) is -1.04. The monoisotopic (exact) mass is 350 g/mol. The minimum absolute atomic E-state index is 0.0403. The van der Waals surface area contributed by atoms with Gasteiger partial charge in [0.2, 0.25) is 0 Å². The summed E-state index contributed by atoms with van der Waals surface area (Å²) in [5.74, 6) is -0.432. The molecule has 1 heterocycles. The molecule has 130 valence electrons. The first-order chi connectivity index (χ1) is 11.8. The molecule has 3 rings (SSSR count). The van der Waals surface area contributed by atoms with Crippen LogP contribution in [0.4, 0.5) is 17.6 Å². The second-order valence-corrected chi connectivity index (χ2v) is 5.44. The highest BCUT2D eigenvalue weighted by Gasteiger charge is 2.31. The van der Waals surface area contributed by atoms with Crippen LogP contribution in [0, 0.1) is 12.7 Å². The van der Waals surface area contributed by atoms with Gasteiger partial charge < -0.3 is 9.30 Å². The molecular formula is C18H14F4N2O. The summed E-state index contributed by atoms with van der Waals surface area (Å²) in [5.41, 5.74) is 0.650. The quantitative estimate of drug-likeness (QED) is 0.625. The lowest BCUT2D eigenvalue weighted by Gasteiger charge is -2.12. The predicted octanol–water partition coefficient (Wildman–Crippen LogP) is 4.92. The number of benzene rings is 2. The van der Waals surface area contributed by atoms with Gasteiger partial charge in [-0.15, -0.1) is 0 Å². The van der Waals surface area contributed by atoms with Crippen molar-refractivity contribution in [3.05, 3.63) is 77.6 Å². The van der Waals surface area contributed by atoms with E-state index >= 15 is 0 Å². The van der Waals surface area contributed by atoms with Gasteiger partial charge in [0.05, 0.1) is 5.56 Å². The van der Waals surface area contributed by atoms with Crippen molar-refractivity contribution in [3.8, 4) is 11.4 Å². The van der Waals surface area contributed by atoms with Crippen LogP contribution in [0.25, 0.3) is 5.69 Å². The van der Waals surface area contributed by atoms with Crippen molar-refractivity contribution in [1.29, 1.82) is 0 Å². The molecule has 0 aliphatic heterocycles. The molecule has 0 aliphatic carbocycles. The molecule has 1 aromatic heterocycles. The van der Waals surface area contributed by atoms with Crippen LogP contribution < -0.4 is 4.74 Å². The van der Waals surface area contributed by atoms with Gasteiger partial charge in [0.15, 0.2) is 11.6 Å². The summed E-state index contributed by atoms with van der Waals surface area (Å²) in [6.45, 7) is 1.83. The van der Waals surface area contributed by atoms with Crippen molar-refractivity contribution in [2.45, 2.75) is 19.7 Å². The molecule has 0 saturated heterocycles. The van der Waals surface area contributed by atoms with E-state index in [4.69, 9.17) is 4.74 Å². The molecule has 3 nitrogen and oxygen atoms in total. The number of hydrogen-bond acceptors (Lipinski definition) is 2. The number of alkyl halides is 3. The number of imidazole rings is 1. The molecule has 7 heteroatoms. The Morgan fingerprint density at radius 1 is 1.08 bits per heavy atom. The molecule has 0 amide bonds. The second-order valence-electron chi connectivity index (χ2n) is 5.44. The number of ether oxygens (including phenoxy) is 1. The van der Waals surface area contributed by atoms with Crippen molar-refractivity contribution in [1.82, 2.24) is 9.55 Å². The predicted molar refractivity (Wildman–Crippen MR) is 84.0 cm³/mol. The highest BCUT2D eigenvalue weighted by atomic mass is 19.4. The van der Waals surface area contributed by atoms with Gasteiger partial charge >= 0.3 is 6.18 Å². The first-order valence-electron chi connectivity index (χ1n) is 7.43. The highest BCUT2D eigenvalue weighted by molar-refractivity contribution is 5.36. The summed E-state index contributed by atoms with van der Waals surface area (Å²) in [4.78, 5) is 4.13. The topological polar surface area (TPSA) is 27.1 Å². The average Bonchev–Trinajstić information content (AvgIpc) is 2.99. The van der Waals surface area contributed by atoms with Gasteiger partial charge in [-0.05, 0) is 42.8 Å². The maximum absolute atomic E-state index is 13.7. The summed E-state index contributed by atoms with van der Waals surface area (Å²) < 4.78 is 58.8. The molecule has 0 fully saturated rings. The molecule has 0 spiro atoms. The van der Waals surface area contributed by atoms with E-state index in [1.165, 1.54) is 0 Å². The van der Waals surface area contributed by atoms with Crippen molar-refractivity contribution in [2.24, 2.45) is 0 Å². The van der Waals surface area contributed by atoms with Gasteiger partial charge in [-0.3, -0.25) is 0 Å². The fourth-order valence-electron chi connectivity index (χ4n) is 2.35. The van der Waals surface area contributed by atoms with E-state index in [1.54, 1.807) is 18.3 Å². The number of nitrogens with zero attached hydrogens (tertiary/aromatic N) is 2. The van der Waals surface area contributed by atoms with Crippen molar-refractivity contribution < 1.29 is 22.3 Å². The smallest absolute Gasteiger partial charge is 0.416 e. The Balaban J connectivity index is 1.73. The summed E-state index contributed by atoms with van der Waals surface area (Å²) in [7, 11) is 0. The van der Waals surface area contributed by atoms with Crippen LogP contribution in [0.15, 0.2) is 54.9 Å². The minimum atomic E-state index is -4.55. The SMILES string of the molecule is Cc1nccn1-c1ccc(COc2cc(C(F)(F)F)ccc2F)cc1. The Bertz CT molecular complexity index is 870. The van der Waals surface area contributed by atoms with Gasteiger partial charge in [0.1, 0.15) is 12.4 Å². The number of aromatic nitrogens is 2. The fraction of sp³-hybridized carbons (Fsp3) is 0.167. The Morgan fingerprint density at radius 3 is 2.40 bits per heavy atom. The third-order valence-corrected chi connectivity index (χ3v) is 3.69. The van der Waals surface area contributed by atoms with E-state index in [-0.39, 0.29) is 6.61 Å². The van der Waals surface area contributed by atoms with Crippen LogP contribution in [0.3, 0.4) is 0 Å². The average molecular weight is 350 g/mol. The zero-order chi connectivity index (χ0) is 18.0. The zero-order valence-corrected chi connectivity index (χ0v) is 13.2. The molecule has 0 bridgehead atoms. The molecule has 0 unspecified atom stereocenters. The Hall–Kier alpha value is -2.83. The molecule has 0 radical (unpaired) electrons. The summed E-state index contributed by atoms with van der Waals surface area (Å²) in [6, 6.07) is 9.29. The second kappa shape index (κ2) is 6.58. The summed E-state index contributed by atoms with van der Waals surface area (Å²) >= 11 is 0. The van der Waals surface area contributed by atoms with E-state index in [0.717, 1.165) is 17.6 Å². The van der Waals surface area contributed by atoms with Crippen molar-refractivity contribution >= 4 is 0 Å². The maximum atomic E-state index is 13.7. The van der Waals surface area contributed by atoms with Gasteiger partial charge in [-0.25, -0.2) is 9.37 Å². The zero-order valence-electron chi connectivity index (χ0n) is 13.2. The highest BCUT2D eigenvalue weighted by Crippen LogP contribution is 2.32. The molecule has 3 aromatic rings. The fourth-order valence-corrected chi connectivity index (χ4v) is 2.35. The molecule has 25 heavy (non-hydrogen) atoms. The van der Waals surface area contributed by atoms with E-state index in [1.807, 2.05) is 29.8 Å². The maximum Gasteiger partial charge on any atom is 0.416 e. The third-order valence-electron chi connectivity index (χ3n) is 3.69. The van der Waals surface area contributed by atoms with Gasteiger partial charge in [-0.2, -0.15) is 13.2 Å². The Labute approximate surface area is 141 Å². The molecule has 0 aliphatic rings.